The van der Waals surface area contributed by atoms with Gasteiger partial charge in [-0.2, -0.15) is 11.8 Å². The molecule has 2 aromatic carbocycles. The molecule has 2 heterocycles. The Hall–Kier alpha value is -2.79. The third-order valence-corrected chi connectivity index (χ3v) is 5.32. The van der Waals surface area contributed by atoms with Gasteiger partial charge in [-0.05, 0) is 30.2 Å². The molecule has 27 heavy (non-hydrogen) atoms. The number of pyridine rings is 1. The molecule has 0 radical (unpaired) electrons. The van der Waals surface area contributed by atoms with Gasteiger partial charge in [0.25, 0.3) is 0 Å². The van der Waals surface area contributed by atoms with Crippen LogP contribution in [-0.2, 0) is 4.79 Å². The number of aryl methyl sites for hydroxylation is 1. The van der Waals surface area contributed by atoms with Crippen molar-refractivity contribution in [3.8, 4) is 11.3 Å². The quantitative estimate of drug-likeness (QED) is 0.524. The van der Waals surface area contributed by atoms with Gasteiger partial charge in [-0.25, -0.2) is 4.98 Å². The number of nitrogens with zero attached hydrogens (tertiary/aromatic N) is 2. The van der Waals surface area contributed by atoms with E-state index in [0.717, 1.165) is 44.8 Å². The summed E-state index contributed by atoms with van der Waals surface area (Å²) in [7, 11) is 0. The first-order valence-corrected chi connectivity index (χ1v) is 10.3. The SMILES string of the molecule is CSCCC(=O)Nc1c(-c2ccccc2C)nc2c3ccccc3ccn12. The highest BCUT2D eigenvalue weighted by Gasteiger charge is 2.18. The molecule has 4 rings (SSSR count). The largest absolute Gasteiger partial charge is 0.310 e. The molecule has 0 bridgehead atoms. The highest BCUT2D eigenvalue weighted by Crippen LogP contribution is 2.33. The van der Waals surface area contributed by atoms with Crippen LogP contribution >= 0.6 is 11.8 Å². The van der Waals surface area contributed by atoms with E-state index in [9.17, 15) is 4.79 Å². The Bertz CT molecular complexity index is 1130. The summed E-state index contributed by atoms with van der Waals surface area (Å²) >= 11 is 1.67. The zero-order valence-corrected chi connectivity index (χ0v) is 16.2. The molecule has 0 aliphatic heterocycles. The minimum Gasteiger partial charge on any atom is -0.310 e. The highest BCUT2D eigenvalue weighted by atomic mass is 32.2. The van der Waals surface area contributed by atoms with Crippen LogP contribution in [0, 0.1) is 6.92 Å². The molecule has 0 saturated heterocycles. The summed E-state index contributed by atoms with van der Waals surface area (Å²) in [6, 6.07) is 18.4. The van der Waals surface area contributed by atoms with E-state index in [4.69, 9.17) is 4.98 Å². The van der Waals surface area contributed by atoms with Crippen molar-refractivity contribution in [3.05, 3.63) is 66.4 Å². The van der Waals surface area contributed by atoms with Crippen LogP contribution < -0.4 is 5.32 Å². The van der Waals surface area contributed by atoms with E-state index in [2.05, 4.69) is 42.6 Å². The summed E-state index contributed by atoms with van der Waals surface area (Å²) < 4.78 is 1.99. The Balaban J connectivity index is 1.94. The van der Waals surface area contributed by atoms with Gasteiger partial charge in [0.1, 0.15) is 17.2 Å². The molecule has 4 nitrogen and oxygen atoms in total. The maximum absolute atomic E-state index is 12.5. The van der Waals surface area contributed by atoms with Crippen LogP contribution in [0.25, 0.3) is 27.7 Å². The second-order valence-corrected chi connectivity index (χ2v) is 7.50. The van der Waals surface area contributed by atoms with Crippen LogP contribution in [0.3, 0.4) is 0 Å². The Morgan fingerprint density at radius 3 is 2.70 bits per heavy atom. The first-order valence-electron chi connectivity index (χ1n) is 8.93. The van der Waals surface area contributed by atoms with Crippen molar-refractivity contribution in [1.82, 2.24) is 9.38 Å². The van der Waals surface area contributed by atoms with Crippen molar-refractivity contribution in [3.63, 3.8) is 0 Å². The number of imidazole rings is 1. The molecule has 0 spiro atoms. The Morgan fingerprint density at radius 2 is 1.89 bits per heavy atom. The molecule has 1 N–H and O–H groups in total. The van der Waals surface area contributed by atoms with Crippen molar-refractivity contribution in [2.45, 2.75) is 13.3 Å². The molecule has 0 aliphatic carbocycles. The van der Waals surface area contributed by atoms with Gasteiger partial charge in [-0.1, -0.05) is 48.5 Å². The van der Waals surface area contributed by atoms with Crippen LogP contribution in [0.5, 0.6) is 0 Å². The van der Waals surface area contributed by atoms with Crippen molar-refractivity contribution < 1.29 is 4.79 Å². The minimum atomic E-state index is 0.00847. The van der Waals surface area contributed by atoms with E-state index in [0.29, 0.717) is 6.42 Å². The van der Waals surface area contributed by atoms with Crippen molar-refractivity contribution in [1.29, 1.82) is 0 Å². The second-order valence-electron chi connectivity index (χ2n) is 6.51. The van der Waals surface area contributed by atoms with Gasteiger partial charge in [-0.3, -0.25) is 9.20 Å². The zero-order chi connectivity index (χ0) is 18.8. The summed E-state index contributed by atoms with van der Waals surface area (Å²) in [4.78, 5) is 17.4. The van der Waals surface area contributed by atoms with Gasteiger partial charge >= 0.3 is 0 Å². The first-order chi connectivity index (χ1) is 13.2. The van der Waals surface area contributed by atoms with Gasteiger partial charge in [0, 0.05) is 29.3 Å². The van der Waals surface area contributed by atoms with E-state index in [1.54, 1.807) is 11.8 Å². The number of fused-ring (bicyclic) bond motifs is 3. The zero-order valence-electron chi connectivity index (χ0n) is 15.4. The maximum atomic E-state index is 12.5. The number of carbonyl (C=O) groups is 1. The first kappa shape index (κ1) is 17.6. The number of nitrogens with one attached hydrogen (secondary N) is 1. The highest BCUT2D eigenvalue weighted by molar-refractivity contribution is 7.98. The van der Waals surface area contributed by atoms with E-state index in [1.165, 1.54) is 0 Å². The minimum absolute atomic E-state index is 0.00847. The number of benzene rings is 2. The second kappa shape index (κ2) is 7.45. The number of anilines is 1. The third-order valence-electron chi connectivity index (χ3n) is 4.71. The third kappa shape index (κ3) is 3.30. The smallest absolute Gasteiger partial charge is 0.226 e. The average molecular weight is 375 g/mol. The fraction of sp³-hybridized carbons (Fsp3) is 0.182. The number of aromatic nitrogens is 2. The van der Waals surface area contributed by atoms with Gasteiger partial charge < -0.3 is 5.32 Å². The molecule has 0 saturated carbocycles. The summed E-state index contributed by atoms with van der Waals surface area (Å²) in [5, 5.41) is 5.31. The lowest BCUT2D eigenvalue weighted by Gasteiger charge is -2.09. The molecule has 5 heteroatoms. The molecule has 0 fully saturated rings. The van der Waals surface area contributed by atoms with Crippen LogP contribution in [0.4, 0.5) is 5.82 Å². The van der Waals surface area contributed by atoms with Crippen LogP contribution in [0.2, 0.25) is 0 Å². The predicted octanol–water partition coefficient (Wildman–Crippen LogP) is 5.15. The van der Waals surface area contributed by atoms with E-state index in [1.807, 2.05) is 41.1 Å². The fourth-order valence-corrected chi connectivity index (χ4v) is 3.69. The molecule has 1 amide bonds. The Labute approximate surface area is 162 Å². The van der Waals surface area contributed by atoms with Gasteiger partial charge in [0.15, 0.2) is 0 Å². The standard InChI is InChI=1S/C22H21N3OS/c1-15-7-3-5-9-17(15)20-22(23-19(26)12-14-27-2)25-13-11-16-8-4-6-10-18(16)21(25)24-20/h3-11,13H,12,14H2,1-2H3,(H,23,26). The molecule has 0 unspecified atom stereocenters. The molecular weight excluding hydrogens is 354 g/mol. The average Bonchev–Trinajstić information content (AvgIpc) is 3.05. The van der Waals surface area contributed by atoms with Crippen LogP contribution in [0.1, 0.15) is 12.0 Å². The van der Waals surface area contributed by atoms with Crippen molar-refractivity contribution in [2.75, 3.05) is 17.3 Å². The Morgan fingerprint density at radius 1 is 1.11 bits per heavy atom. The van der Waals surface area contributed by atoms with Crippen LogP contribution in [-0.4, -0.2) is 27.3 Å². The topological polar surface area (TPSA) is 46.4 Å². The summed E-state index contributed by atoms with van der Waals surface area (Å²) in [5.74, 6) is 1.54. The number of rotatable bonds is 5. The van der Waals surface area contributed by atoms with Gasteiger partial charge in [-0.15, -0.1) is 0 Å². The number of thioether (sulfide) groups is 1. The summed E-state index contributed by atoms with van der Waals surface area (Å²) in [6.45, 7) is 2.07. The molecule has 0 atom stereocenters. The number of hydrogen-bond acceptors (Lipinski definition) is 3. The lowest BCUT2D eigenvalue weighted by Crippen LogP contribution is -2.14. The lowest BCUT2D eigenvalue weighted by molar-refractivity contribution is -0.115. The van der Waals surface area contributed by atoms with Crippen molar-refractivity contribution >= 4 is 39.9 Å². The predicted molar refractivity (Wildman–Crippen MR) is 114 cm³/mol. The summed E-state index contributed by atoms with van der Waals surface area (Å²) in [6.07, 6.45) is 4.47. The fourth-order valence-electron chi connectivity index (χ4n) is 3.30. The number of amides is 1. The van der Waals surface area contributed by atoms with Gasteiger partial charge in [0.05, 0.1) is 0 Å². The normalized spacial score (nSPS) is 11.2. The van der Waals surface area contributed by atoms with Crippen molar-refractivity contribution in [2.24, 2.45) is 0 Å². The molecular formula is C22H21N3OS. The monoisotopic (exact) mass is 375 g/mol. The van der Waals surface area contributed by atoms with Gasteiger partial charge in [0.2, 0.25) is 5.91 Å². The maximum Gasteiger partial charge on any atom is 0.226 e. The molecule has 0 aliphatic rings. The molecule has 4 aromatic rings. The molecule has 136 valence electrons. The van der Waals surface area contributed by atoms with E-state index < -0.39 is 0 Å². The summed E-state index contributed by atoms with van der Waals surface area (Å²) in [5.41, 5.74) is 3.82. The Kier molecular flexibility index (Phi) is 4.86. The van der Waals surface area contributed by atoms with E-state index >= 15 is 0 Å². The number of hydrogen-bond donors (Lipinski definition) is 1. The van der Waals surface area contributed by atoms with Crippen LogP contribution in [0.15, 0.2) is 60.8 Å². The lowest BCUT2D eigenvalue weighted by atomic mass is 10.1. The van der Waals surface area contributed by atoms with E-state index in [-0.39, 0.29) is 5.91 Å². The number of carbonyl (C=O) groups excluding carboxylic acids is 1. The molecule has 2 aromatic heterocycles.